The number of aryl methyl sites for hydroxylation is 1. The first-order valence-corrected chi connectivity index (χ1v) is 10.3. The minimum Gasteiger partial charge on any atom is -0.304 e. The maximum atomic E-state index is 5.08. The SMILES string of the molecule is Cc1ccc2c(c1)Cc1c(-c3ccsc3)nn(CN3CCN(C)CC3)c1-2. The summed E-state index contributed by atoms with van der Waals surface area (Å²) in [5, 5.41) is 9.44. The molecule has 1 aromatic carbocycles. The van der Waals surface area contributed by atoms with Crippen molar-refractivity contribution in [2.75, 3.05) is 33.2 Å². The Balaban J connectivity index is 1.57. The number of hydrogen-bond acceptors (Lipinski definition) is 4. The first-order chi connectivity index (χ1) is 12.7. The predicted octanol–water partition coefficient (Wildman–Crippen LogP) is 3.70. The summed E-state index contributed by atoms with van der Waals surface area (Å²) < 4.78 is 2.26. The lowest BCUT2D eigenvalue weighted by atomic mass is 10.1. The molecule has 0 amide bonds. The molecule has 0 saturated carbocycles. The van der Waals surface area contributed by atoms with E-state index in [2.05, 4.69) is 63.5 Å². The molecule has 0 bridgehead atoms. The molecule has 1 aliphatic heterocycles. The highest BCUT2D eigenvalue weighted by atomic mass is 32.1. The topological polar surface area (TPSA) is 24.3 Å². The van der Waals surface area contributed by atoms with Crippen molar-refractivity contribution in [3.05, 3.63) is 51.7 Å². The Bertz CT molecular complexity index is 933. The number of hydrogen-bond donors (Lipinski definition) is 0. The molecule has 1 saturated heterocycles. The van der Waals surface area contributed by atoms with E-state index in [1.54, 1.807) is 11.3 Å². The molecule has 26 heavy (non-hydrogen) atoms. The minimum absolute atomic E-state index is 0.883. The fraction of sp³-hybridized carbons (Fsp3) is 0.381. The van der Waals surface area contributed by atoms with Gasteiger partial charge in [0.1, 0.15) is 0 Å². The van der Waals surface area contributed by atoms with Gasteiger partial charge in [-0.3, -0.25) is 4.90 Å². The van der Waals surface area contributed by atoms with Gasteiger partial charge in [0, 0.05) is 54.7 Å². The van der Waals surface area contributed by atoms with Gasteiger partial charge in [0.15, 0.2) is 0 Å². The zero-order valence-corrected chi connectivity index (χ0v) is 16.2. The summed E-state index contributed by atoms with van der Waals surface area (Å²) in [4.78, 5) is 4.93. The molecule has 0 N–H and O–H groups in total. The summed E-state index contributed by atoms with van der Waals surface area (Å²) in [5.74, 6) is 0. The van der Waals surface area contributed by atoms with Crippen molar-refractivity contribution in [1.29, 1.82) is 0 Å². The number of nitrogens with zero attached hydrogens (tertiary/aromatic N) is 4. The normalized spacial score (nSPS) is 17.5. The van der Waals surface area contributed by atoms with E-state index < -0.39 is 0 Å². The Morgan fingerprint density at radius 1 is 1.12 bits per heavy atom. The van der Waals surface area contributed by atoms with Crippen LogP contribution < -0.4 is 0 Å². The van der Waals surface area contributed by atoms with Crippen LogP contribution in [0.3, 0.4) is 0 Å². The molecule has 5 heteroatoms. The molecular formula is C21H24N4S. The van der Waals surface area contributed by atoms with Crippen LogP contribution in [0.25, 0.3) is 22.5 Å². The van der Waals surface area contributed by atoms with E-state index in [0.717, 1.165) is 39.3 Å². The largest absolute Gasteiger partial charge is 0.304 e. The maximum absolute atomic E-state index is 5.08. The Labute approximate surface area is 158 Å². The van der Waals surface area contributed by atoms with Crippen LogP contribution in [0, 0.1) is 6.92 Å². The molecule has 5 rings (SSSR count). The second-order valence-electron chi connectivity index (χ2n) is 7.59. The number of rotatable bonds is 3. The summed E-state index contributed by atoms with van der Waals surface area (Å²) in [7, 11) is 2.20. The van der Waals surface area contributed by atoms with Gasteiger partial charge in [-0.25, -0.2) is 4.68 Å². The third kappa shape index (κ3) is 2.71. The molecule has 134 valence electrons. The van der Waals surface area contributed by atoms with Crippen molar-refractivity contribution in [3.63, 3.8) is 0 Å². The Morgan fingerprint density at radius 2 is 1.96 bits per heavy atom. The second-order valence-corrected chi connectivity index (χ2v) is 8.37. The average Bonchev–Trinajstić information content (AvgIpc) is 3.33. The van der Waals surface area contributed by atoms with Gasteiger partial charge < -0.3 is 4.90 Å². The van der Waals surface area contributed by atoms with Gasteiger partial charge in [0.05, 0.1) is 18.1 Å². The average molecular weight is 365 g/mol. The van der Waals surface area contributed by atoms with Gasteiger partial charge in [-0.05, 0) is 31.0 Å². The van der Waals surface area contributed by atoms with Gasteiger partial charge in [0.25, 0.3) is 0 Å². The van der Waals surface area contributed by atoms with Crippen LogP contribution in [0.1, 0.15) is 16.7 Å². The smallest absolute Gasteiger partial charge is 0.0974 e. The molecule has 2 aliphatic rings. The van der Waals surface area contributed by atoms with Gasteiger partial charge in [0.2, 0.25) is 0 Å². The third-order valence-corrected chi connectivity index (χ3v) is 6.34. The zero-order chi connectivity index (χ0) is 17.7. The molecule has 3 aromatic rings. The van der Waals surface area contributed by atoms with Crippen molar-refractivity contribution in [3.8, 4) is 22.5 Å². The van der Waals surface area contributed by atoms with Crippen molar-refractivity contribution in [2.24, 2.45) is 0 Å². The van der Waals surface area contributed by atoms with Crippen LogP contribution >= 0.6 is 11.3 Å². The van der Waals surface area contributed by atoms with E-state index in [1.807, 2.05) is 0 Å². The Kier molecular flexibility index (Phi) is 3.96. The minimum atomic E-state index is 0.883. The standard InChI is InChI=1S/C21H24N4S/c1-15-3-4-18-17(11-15)12-19-20(16-5-10-26-13-16)22-25(21(18)19)14-24-8-6-23(2)7-9-24/h3-5,10-11,13H,6-9,12,14H2,1-2H3. The monoisotopic (exact) mass is 364 g/mol. The predicted molar refractivity (Wildman–Crippen MR) is 108 cm³/mol. The van der Waals surface area contributed by atoms with Crippen molar-refractivity contribution in [2.45, 2.75) is 20.0 Å². The highest BCUT2D eigenvalue weighted by molar-refractivity contribution is 7.08. The highest BCUT2D eigenvalue weighted by Gasteiger charge is 2.29. The number of aromatic nitrogens is 2. The van der Waals surface area contributed by atoms with Gasteiger partial charge in [-0.1, -0.05) is 23.8 Å². The van der Waals surface area contributed by atoms with Crippen LogP contribution in [-0.4, -0.2) is 52.8 Å². The van der Waals surface area contributed by atoms with Crippen molar-refractivity contribution < 1.29 is 0 Å². The molecule has 4 nitrogen and oxygen atoms in total. The van der Waals surface area contributed by atoms with E-state index in [1.165, 1.54) is 39.2 Å². The summed E-state index contributed by atoms with van der Waals surface area (Å²) in [6.45, 7) is 7.56. The van der Waals surface area contributed by atoms with Gasteiger partial charge in [-0.15, -0.1) is 0 Å². The molecule has 0 radical (unpaired) electrons. The molecule has 1 fully saturated rings. The van der Waals surface area contributed by atoms with Crippen LogP contribution in [0.4, 0.5) is 0 Å². The fourth-order valence-electron chi connectivity index (χ4n) is 4.17. The lowest BCUT2D eigenvalue weighted by molar-refractivity contribution is 0.120. The molecule has 3 heterocycles. The first kappa shape index (κ1) is 16.2. The zero-order valence-electron chi connectivity index (χ0n) is 15.4. The highest BCUT2D eigenvalue weighted by Crippen LogP contribution is 2.42. The van der Waals surface area contributed by atoms with Gasteiger partial charge >= 0.3 is 0 Å². The van der Waals surface area contributed by atoms with E-state index in [-0.39, 0.29) is 0 Å². The van der Waals surface area contributed by atoms with Crippen LogP contribution in [0.5, 0.6) is 0 Å². The number of benzene rings is 1. The lowest BCUT2D eigenvalue weighted by Crippen LogP contribution is -2.45. The fourth-order valence-corrected chi connectivity index (χ4v) is 4.81. The van der Waals surface area contributed by atoms with E-state index in [0.29, 0.717) is 0 Å². The Hall–Kier alpha value is -1.95. The number of likely N-dealkylation sites (N-methyl/N-ethyl adjacent to an activating group) is 1. The lowest BCUT2D eigenvalue weighted by Gasteiger charge is -2.32. The van der Waals surface area contributed by atoms with Crippen LogP contribution in [0.15, 0.2) is 35.0 Å². The number of fused-ring (bicyclic) bond motifs is 3. The summed E-state index contributed by atoms with van der Waals surface area (Å²) in [5.41, 5.74) is 9.31. The Morgan fingerprint density at radius 3 is 2.73 bits per heavy atom. The molecule has 0 spiro atoms. The maximum Gasteiger partial charge on any atom is 0.0974 e. The summed E-state index contributed by atoms with van der Waals surface area (Å²) in [6.07, 6.45) is 1.00. The molecular weight excluding hydrogens is 340 g/mol. The molecule has 0 unspecified atom stereocenters. The van der Waals surface area contributed by atoms with Crippen LogP contribution in [0.2, 0.25) is 0 Å². The van der Waals surface area contributed by atoms with E-state index in [4.69, 9.17) is 5.10 Å². The van der Waals surface area contributed by atoms with Crippen LogP contribution in [-0.2, 0) is 13.1 Å². The van der Waals surface area contributed by atoms with Crippen molar-refractivity contribution >= 4 is 11.3 Å². The van der Waals surface area contributed by atoms with Crippen molar-refractivity contribution in [1.82, 2.24) is 19.6 Å². The van der Waals surface area contributed by atoms with E-state index >= 15 is 0 Å². The third-order valence-electron chi connectivity index (χ3n) is 5.66. The molecule has 1 aliphatic carbocycles. The van der Waals surface area contributed by atoms with Gasteiger partial charge in [-0.2, -0.15) is 16.4 Å². The molecule has 0 atom stereocenters. The summed E-state index contributed by atoms with van der Waals surface area (Å²) in [6, 6.07) is 9.05. The molecule has 2 aromatic heterocycles. The first-order valence-electron chi connectivity index (χ1n) is 9.32. The number of piperazine rings is 1. The number of thiophene rings is 1. The quantitative estimate of drug-likeness (QED) is 0.554. The van der Waals surface area contributed by atoms with E-state index in [9.17, 15) is 0 Å². The summed E-state index contributed by atoms with van der Waals surface area (Å²) >= 11 is 1.75. The second kappa shape index (κ2) is 6.34.